The topological polar surface area (TPSA) is 41.5 Å². The predicted octanol–water partition coefficient (Wildman–Crippen LogP) is 2.15. The molecule has 0 amide bonds. The Morgan fingerprint density at radius 1 is 1.31 bits per heavy atom. The quantitative estimate of drug-likeness (QED) is 0.807. The number of aliphatic hydroxyl groups is 1. The van der Waals surface area contributed by atoms with Crippen LogP contribution in [0, 0.1) is 0 Å². The van der Waals surface area contributed by atoms with Gasteiger partial charge in [0, 0.05) is 12.6 Å². The summed E-state index contributed by atoms with van der Waals surface area (Å²) in [4.78, 5) is 0. The first-order valence-corrected chi connectivity index (χ1v) is 5.35. The van der Waals surface area contributed by atoms with Crippen molar-refractivity contribution in [1.29, 1.82) is 0 Å². The molecule has 0 aromatic heterocycles. The molecule has 0 heterocycles. The molecule has 0 radical (unpaired) electrons. The van der Waals surface area contributed by atoms with E-state index in [0.29, 0.717) is 13.2 Å². The molecule has 0 saturated carbocycles. The van der Waals surface area contributed by atoms with Gasteiger partial charge in [-0.3, -0.25) is 0 Å². The van der Waals surface area contributed by atoms with Crippen molar-refractivity contribution in [2.45, 2.75) is 19.9 Å². The van der Waals surface area contributed by atoms with Crippen LogP contribution in [0.3, 0.4) is 0 Å². The molecule has 1 rings (SSSR count). The lowest BCUT2D eigenvalue weighted by Gasteiger charge is -2.13. The molecule has 0 spiro atoms. The van der Waals surface area contributed by atoms with Gasteiger partial charge in [-0.05, 0) is 31.5 Å². The van der Waals surface area contributed by atoms with Crippen LogP contribution in [0.4, 0.5) is 0 Å². The molecule has 4 heteroatoms. The average molecular weight is 246 g/mol. The molecule has 0 aliphatic rings. The fourth-order valence-corrected chi connectivity index (χ4v) is 1.42. The summed E-state index contributed by atoms with van der Waals surface area (Å²) in [5, 5.41) is 11.9. The third-order valence-corrected chi connectivity index (χ3v) is 2.25. The molecule has 1 aromatic carbocycles. The van der Waals surface area contributed by atoms with Gasteiger partial charge < -0.3 is 15.2 Å². The van der Waals surface area contributed by atoms with Crippen molar-refractivity contribution in [2.75, 3.05) is 19.8 Å². The summed E-state index contributed by atoms with van der Waals surface area (Å²) < 4.78 is 5.36. The number of benzene rings is 1. The first kappa shape index (κ1) is 15.2. The minimum absolute atomic E-state index is 0. The summed E-state index contributed by atoms with van der Waals surface area (Å²) in [6, 6.07) is 8.28. The molecule has 0 aliphatic heterocycles. The Kier molecular flexibility index (Phi) is 7.99. The van der Waals surface area contributed by atoms with Crippen molar-refractivity contribution >= 4 is 12.4 Å². The number of nitrogens with one attached hydrogen (secondary N) is 1. The van der Waals surface area contributed by atoms with E-state index in [4.69, 9.17) is 9.84 Å². The molecule has 1 aromatic rings. The SMILES string of the molecule is CCOc1ccc(C(C)NCCO)cc1.Cl. The van der Waals surface area contributed by atoms with Gasteiger partial charge in [-0.2, -0.15) is 0 Å². The Labute approximate surface area is 103 Å². The van der Waals surface area contributed by atoms with Crippen LogP contribution in [-0.2, 0) is 0 Å². The fourth-order valence-electron chi connectivity index (χ4n) is 1.42. The number of halogens is 1. The van der Waals surface area contributed by atoms with E-state index < -0.39 is 0 Å². The third kappa shape index (κ3) is 4.84. The lowest BCUT2D eigenvalue weighted by molar-refractivity contribution is 0.286. The maximum absolute atomic E-state index is 8.69. The van der Waals surface area contributed by atoms with Crippen LogP contribution in [0.1, 0.15) is 25.5 Å². The van der Waals surface area contributed by atoms with E-state index >= 15 is 0 Å². The molecule has 92 valence electrons. The molecular weight excluding hydrogens is 226 g/mol. The second-order valence-electron chi connectivity index (χ2n) is 3.40. The minimum atomic E-state index is 0. The van der Waals surface area contributed by atoms with Crippen molar-refractivity contribution in [3.63, 3.8) is 0 Å². The largest absolute Gasteiger partial charge is 0.494 e. The number of ether oxygens (including phenoxy) is 1. The fraction of sp³-hybridized carbons (Fsp3) is 0.500. The molecule has 0 bridgehead atoms. The lowest BCUT2D eigenvalue weighted by Crippen LogP contribution is -2.21. The van der Waals surface area contributed by atoms with Crippen molar-refractivity contribution < 1.29 is 9.84 Å². The molecule has 2 N–H and O–H groups in total. The summed E-state index contributed by atoms with van der Waals surface area (Å²) in [5.41, 5.74) is 1.20. The Hall–Kier alpha value is -0.770. The molecular formula is C12H20ClNO2. The van der Waals surface area contributed by atoms with Gasteiger partial charge >= 0.3 is 0 Å². The molecule has 1 unspecified atom stereocenters. The molecule has 1 atom stereocenters. The summed E-state index contributed by atoms with van der Waals surface area (Å²) in [6.07, 6.45) is 0. The van der Waals surface area contributed by atoms with Crippen LogP contribution >= 0.6 is 12.4 Å². The lowest BCUT2D eigenvalue weighted by atomic mass is 10.1. The zero-order valence-corrected chi connectivity index (χ0v) is 10.6. The van der Waals surface area contributed by atoms with Crippen LogP contribution in [0.15, 0.2) is 24.3 Å². The van der Waals surface area contributed by atoms with Gasteiger partial charge in [-0.15, -0.1) is 12.4 Å². The Morgan fingerprint density at radius 3 is 2.44 bits per heavy atom. The van der Waals surface area contributed by atoms with E-state index in [2.05, 4.69) is 12.2 Å². The van der Waals surface area contributed by atoms with Gasteiger partial charge in [0.25, 0.3) is 0 Å². The second-order valence-corrected chi connectivity index (χ2v) is 3.40. The predicted molar refractivity (Wildman–Crippen MR) is 68.4 cm³/mol. The Bertz CT molecular complexity index is 277. The van der Waals surface area contributed by atoms with E-state index in [9.17, 15) is 0 Å². The highest BCUT2D eigenvalue weighted by Crippen LogP contribution is 2.17. The maximum atomic E-state index is 8.69. The molecule has 3 nitrogen and oxygen atoms in total. The summed E-state index contributed by atoms with van der Waals surface area (Å²) in [6.45, 7) is 5.53. The van der Waals surface area contributed by atoms with Crippen LogP contribution in [-0.4, -0.2) is 24.9 Å². The van der Waals surface area contributed by atoms with Crippen molar-refractivity contribution in [2.24, 2.45) is 0 Å². The van der Waals surface area contributed by atoms with E-state index in [-0.39, 0.29) is 25.1 Å². The van der Waals surface area contributed by atoms with Crippen molar-refractivity contribution in [3.8, 4) is 5.75 Å². The Balaban J connectivity index is 0.00000225. The van der Waals surface area contributed by atoms with Gasteiger partial charge in [0.05, 0.1) is 13.2 Å². The number of hydrogen-bond donors (Lipinski definition) is 2. The molecule has 0 fully saturated rings. The van der Waals surface area contributed by atoms with Crippen LogP contribution in [0.25, 0.3) is 0 Å². The highest BCUT2D eigenvalue weighted by Gasteiger charge is 2.03. The Morgan fingerprint density at radius 2 is 1.94 bits per heavy atom. The van der Waals surface area contributed by atoms with E-state index in [1.807, 2.05) is 31.2 Å². The van der Waals surface area contributed by atoms with Crippen molar-refractivity contribution in [3.05, 3.63) is 29.8 Å². The number of aliphatic hydroxyl groups excluding tert-OH is 1. The number of rotatable bonds is 6. The van der Waals surface area contributed by atoms with E-state index in [0.717, 1.165) is 5.75 Å². The van der Waals surface area contributed by atoms with Gasteiger partial charge in [0.2, 0.25) is 0 Å². The summed E-state index contributed by atoms with van der Waals surface area (Å²) >= 11 is 0. The normalized spacial score (nSPS) is 11.7. The smallest absolute Gasteiger partial charge is 0.119 e. The average Bonchev–Trinajstić information content (AvgIpc) is 2.27. The zero-order chi connectivity index (χ0) is 11.1. The van der Waals surface area contributed by atoms with Crippen LogP contribution in [0.2, 0.25) is 0 Å². The van der Waals surface area contributed by atoms with Crippen LogP contribution in [0.5, 0.6) is 5.75 Å². The van der Waals surface area contributed by atoms with E-state index in [1.54, 1.807) is 0 Å². The highest BCUT2D eigenvalue weighted by atomic mass is 35.5. The monoisotopic (exact) mass is 245 g/mol. The van der Waals surface area contributed by atoms with Gasteiger partial charge in [0.1, 0.15) is 5.75 Å². The van der Waals surface area contributed by atoms with E-state index in [1.165, 1.54) is 5.56 Å². The molecule has 0 saturated heterocycles. The highest BCUT2D eigenvalue weighted by molar-refractivity contribution is 5.85. The first-order valence-electron chi connectivity index (χ1n) is 5.35. The zero-order valence-electron chi connectivity index (χ0n) is 9.77. The molecule has 16 heavy (non-hydrogen) atoms. The van der Waals surface area contributed by atoms with Gasteiger partial charge in [0.15, 0.2) is 0 Å². The summed E-state index contributed by atoms with van der Waals surface area (Å²) in [7, 11) is 0. The summed E-state index contributed by atoms with van der Waals surface area (Å²) in [5.74, 6) is 0.899. The standard InChI is InChI=1S/C12H19NO2.ClH/c1-3-15-12-6-4-11(5-7-12)10(2)13-8-9-14;/h4-7,10,13-14H,3,8-9H2,1-2H3;1H. The maximum Gasteiger partial charge on any atom is 0.119 e. The molecule has 0 aliphatic carbocycles. The third-order valence-electron chi connectivity index (χ3n) is 2.25. The second kappa shape index (κ2) is 8.39. The minimum Gasteiger partial charge on any atom is -0.494 e. The van der Waals surface area contributed by atoms with Crippen LogP contribution < -0.4 is 10.1 Å². The number of hydrogen-bond acceptors (Lipinski definition) is 3. The van der Waals surface area contributed by atoms with Gasteiger partial charge in [-0.1, -0.05) is 12.1 Å². The van der Waals surface area contributed by atoms with Crippen molar-refractivity contribution in [1.82, 2.24) is 5.32 Å². The first-order chi connectivity index (χ1) is 7.27. The van der Waals surface area contributed by atoms with Gasteiger partial charge in [-0.25, -0.2) is 0 Å².